The van der Waals surface area contributed by atoms with E-state index in [0.29, 0.717) is 5.92 Å². The van der Waals surface area contributed by atoms with E-state index in [9.17, 15) is 0 Å². The van der Waals surface area contributed by atoms with Crippen LogP contribution in [0, 0.1) is 5.92 Å². The second kappa shape index (κ2) is 5.35. The van der Waals surface area contributed by atoms with Crippen molar-refractivity contribution in [3.05, 3.63) is 88.1 Å². The Morgan fingerprint density at radius 3 is 2.83 bits per heavy atom. The third kappa shape index (κ3) is 2.22. The predicted octanol–water partition coefficient (Wildman–Crippen LogP) is 6.54. The van der Waals surface area contributed by atoms with E-state index < -0.39 is 0 Å². The van der Waals surface area contributed by atoms with Crippen molar-refractivity contribution in [1.29, 1.82) is 0 Å². The minimum absolute atomic E-state index is 0.451. The number of hydrogen-bond acceptors (Lipinski definition) is 1. The Kier molecular flexibility index (Phi) is 3.14. The fourth-order valence-electron chi connectivity index (χ4n) is 3.63. The molecular formula is C22H15BrO. The largest absolute Gasteiger partial charge is 0.460 e. The Morgan fingerprint density at radius 2 is 1.92 bits per heavy atom. The molecule has 0 saturated carbocycles. The molecule has 0 amide bonds. The van der Waals surface area contributed by atoms with Gasteiger partial charge in [0.15, 0.2) is 0 Å². The van der Waals surface area contributed by atoms with Gasteiger partial charge in [0.2, 0.25) is 0 Å². The van der Waals surface area contributed by atoms with E-state index in [2.05, 4.69) is 88.8 Å². The van der Waals surface area contributed by atoms with E-state index in [1.165, 1.54) is 27.6 Å². The second-order valence-corrected chi connectivity index (χ2v) is 7.27. The van der Waals surface area contributed by atoms with Gasteiger partial charge in [0.25, 0.3) is 0 Å². The van der Waals surface area contributed by atoms with Crippen molar-refractivity contribution in [2.24, 2.45) is 5.92 Å². The number of fused-ring (bicyclic) bond motifs is 4. The van der Waals surface area contributed by atoms with E-state index >= 15 is 0 Å². The van der Waals surface area contributed by atoms with Crippen LogP contribution in [0.3, 0.4) is 0 Å². The van der Waals surface area contributed by atoms with Crippen molar-refractivity contribution in [2.75, 3.05) is 0 Å². The lowest BCUT2D eigenvalue weighted by molar-refractivity contribution is 0.521. The maximum absolute atomic E-state index is 6.14. The molecule has 0 aliphatic heterocycles. The molecule has 0 fully saturated rings. The summed E-state index contributed by atoms with van der Waals surface area (Å²) in [6.07, 6.45) is 12.0. The highest BCUT2D eigenvalue weighted by atomic mass is 79.9. The lowest BCUT2D eigenvalue weighted by Crippen LogP contribution is -2.09. The first-order valence-electron chi connectivity index (χ1n) is 8.16. The molecule has 116 valence electrons. The molecule has 1 aromatic heterocycles. The summed E-state index contributed by atoms with van der Waals surface area (Å²) in [4.78, 5) is 0. The van der Waals surface area contributed by atoms with Crippen molar-refractivity contribution < 1.29 is 4.42 Å². The average Bonchev–Trinajstić information content (AvgIpc) is 2.96. The average molecular weight is 375 g/mol. The molecule has 0 N–H and O–H groups in total. The van der Waals surface area contributed by atoms with Crippen LogP contribution in [-0.4, -0.2) is 0 Å². The Bertz CT molecular complexity index is 1050. The molecule has 1 heterocycles. The third-order valence-corrected chi connectivity index (χ3v) is 5.34. The minimum atomic E-state index is 0.451. The van der Waals surface area contributed by atoms with Crippen LogP contribution in [0.5, 0.6) is 0 Å². The van der Waals surface area contributed by atoms with E-state index in [4.69, 9.17) is 4.42 Å². The van der Waals surface area contributed by atoms with Gasteiger partial charge in [-0.1, -0.05) is 58.4 Å². The molecule has 5 rings (SSSR count). The second-order valence-electron chi connectivity index (χ2n) is 6.36. The fourth-order valence-corrected chi connectivity index (χ4v) is 4.03. The van der Waals surface area contributed by atoms with Gasteiger partial charge in [0.1, 0.15) is 11.3 Å². The van der Waals surface area contributed by atoms with E-state index in [1.807, 2.05) is 0 Å². The van der Waals surface area contributed by atoms with Gasteiger partial charge < -0.3 is 4.42 Å². The van der Waals surface area contributed by atoms with Crippen molar-refractivity contribution in [1.82, 2.24) is 0 Å². The summed E-state index contributed by atoms with van der Waals surface area (Å²) in [6, 6.07) is 14.9. The normalized spacial score (nSPS) is 18.4. The predicted molar refractivity (Wildman–Crippen MR) is 103 cm³/mol. The molecule has 1 nitrogen and oxygen atoms in total. The molecule has 3 aromatic rings. The number of halogens is 1. The molecule has 24 heavy (non-hydrogen) atoms. The SMILES string of the molecule is Brc1cccc(-c2ccc3oc4c(c3c2)C=C2C=CC=CC2C4)c1. The highest BCUT2D eigenvalue weighted by molar-refractivity contribution is 9.10. The zero-order valence-electron chi connectivity index (χ0n) is 13.0. The smallest absolute Gasteiger partial charge is 0.134 e. The highest BCUT2D eigenvalue weighted by Crippen LogP contribution is 2.39. The summed E-state index contributed by atoms with van der Waals surface area (Å²) in [6.45, 7) is 0. The van der Waals surface area contributed by atoms with Crippen LogP contribution in [-0.2, 0) is 6.42 Å². The molecule has 2 aromatic carbocycles. The monoisotopic (exact) mass is 374 g/mol. The molecular weight excluding hydrogens is 360 g/mol. The topological polar surface area (TPSA) is 13.1 Å². The minimum Gasteiger partial charge on any atom is -0.460 e. The molecule has 0 bridgehead atoms. The Balaban J connectivity index is 1.69. The number of allylic oxidation sites excluding steroid dienone is 5. The van der Waals surface area contributed by atoms with Crippen molar-refractivity contribution in [3.63, 3.8) is 0 Å². The fraction of sp³-hybridized carbons (Fsp3) is 0.0909. The van der Waals surface area contributed by atoms with E-state index in [0.717, 1.165) is 22.2 Å². The van der Waals surface area contributed by atoms with Gasteiger partial charge in [-0.2, -0.15) is 0 Å². The summed E-state index contributed by atoms with van der Waals surface area (Å²) < 4.78 is 7.24. The standard InChI is InChI=1S/C22H15BrO/c23-18-7-3-6-14(10-18)17-8-9-21-19(12-17)20-11-15-4-1-2-5-16(15)13-22(20)24-21/h1-12,16H,13H2. The maximum Gasteiger partial charge on any atom is 0.134 e. The first-order valence-corrected chi connectivity index (χ1v) is 8.95. The summed E-state index contributed by atoms with van der Waals surface area (Å²) >= 11 is 3.56. The molecule has 1 atom stereocenters. The van der Waals surface area contributed by atoms with Gasteiger partial charge in [0.05, 0.1) is 0 Å². The van der Waals surface area contributed by atoms with Crippen LogP contribution in [0.2, 0.25) is 0 Å². The third-order valence-electron chi connectivity index (χ3n) is 4.85. The van der Waals surface area contributed by atoms with Crippen LogP contribution in [0.15, 0.2) is 81.2 Å². The van der Waals surface area contributed by atoms with Gasteiger partial charge in [0, 0.05) is 27.8 Å². The summed E-state index contributed by atoms with van der Waals surface area (Å²) in [5.74, 6) is 1.55. The Morgan fingerprint density at radius 1 is 1.00 bits per heavy atom. The molecule has 1 unspecified atom stereocenters. The van der Waals surface area contributed by atoms with Crippen molar-refractivity contribution >= 4 is 33.0 Å². The molecule has 2 aliphatic carbocycles. The summed E-state index contributed by atoms with van der Waals surface area (Å²) in [5, 5.41) is 1.20. The molecule has 2 heteroatoms. The number of furan rings is 1. The summed E-state index contributed by atoms with van der Waals surface area (Å²) in [7, 11) is 0. The number of benzene rings is 2. The maximum atomic E-state index is 6.14. The summed E-state index contributed by atoms with van der Waals surface area (Å²) in [5.41, 5.74) is 6.02. The number of rotatable bonds is 1. The van der Waals surface area contributed by atoms with Crippen molar-refractivity contribution in [2.45, 2.75) is 6.42 Å². The van der Waals surface area contributed by atoms with Gasteiger partial charge in [-0.3, -0.25) is 0 Å². The lowest BCUT2D eigenvalue weighted by atomic mass is 9.84. The molecule has 0 spiro atoms. The van der Waals surface area contributed by atoms with Gasteiger partial charge in [-0.25, -0.2) is 0 Å². The van der Waals surface area contributed by atoms with Gasteiger partial charge in [-0.05, 0) is 47.0 Å². The Hall–Kier alpha value is -2.32. The van der Waals surface area contributed by atoms with Crippen LogP contribution < -0.4 is 0 Å². The lowest BCUT2D eigenvalue weighted by Gasteiger charge is -2.20. The Labute approximate surface area is 149 Å². The van der Waals surface area contributed by atoms with Crippen LogP contribution in [0.4, 0.5) is 0 Å². The first-order chi connectivity index (χ1) is 11.8. The zero-order chi connectivity index (χ0) is 16.1. The van der Waals surface area contributed by atoms with E-state index in [1.54, 1.807) is 0 Å². The van der Waals surface area contributed by atoms with Gasteiger partial charge in [-0.15, -0.1) is 0 Å². The highest BCUT2D eigenvalue weighted by Gasteiger charge is 2.24. The molecule has 2 aliphatic rings. The van der Waals surface area contributed by atoms with Crippen LogP contribution in [0.1, 0.15) is 11.3 Å². The molecule has 0 radical (unpaired) electrons. The van der Waals surface area contributed by atoms with Crippen molar-refractivity contribution in [3.8, 4) is 11.1 Å². The number of hydrogen-bond donors (Lipinski definition) is 0. The van der Waals surface area contributed by atoms with E-state index in [-0.39, 0.29) is 0 Å². The first kappa shape index (κ1) is 14.1. The van der Waals surface area contributed by atoms with Crippen LogP contribution in [0.25, 0.3) is 28.2 Å². The molecule has 0 saturated heterocycles. The van der Waals surface area contributed by atoms with Gasteiger partial charge >= 0.3 is 0 Å². The quantitative estimate of drug-likeness (QED) is 0.470. The zero-order valence-corrected chi connectivity index (χ0v) is 14.6. The van der Waals surface area contributed by atoms with Crippen LogP contribution >= 0.6 is 15.9 Å².